The van der Waals surface area contributed by atoms with Crippen LogP contribution in [0.3, 0.4) is 0 Å². The van der Waals surface area contributed by atoms with Gasteiger partial charge in [-0.05, 0) is 50.6 Å². The van der Waals surface area contributed by atoms with Crippen molar-refractivity contribution in [3.05, 3.63) is 35.4 Å². The van der Waals surface area contributed by atoms with E-state index in [0.29, 0.717) is 11.6 Å². The van der Waals surface area contributed by atoms with Crippen molar-refractivity contribution in [3.63, 3.8) is 0 Å². The molecule has 1 aromatic carbocycles. The van der Waals surface area contributed by atoms with E-state index in [1.165, 1.54) is 0 Å². The van der Waals surface area contributed by atoms with Crippen molar-refractivity contribution in [3.8, 4) is 0 Å². The fourth-order valence-corrected chi connectivity index (χ4v) is 2.17. The quantitative estimate of drug-likeness (QED) is 0.751. The van der Waals surface area contributed by atoms with Gasteiger partial charge < -0.3 is 16.4 Å². The maximum atomic E-state index is 12.0. The Labute approximate surface area is 108 Å². The van der Waals surface area contributed by atoms with E-state index in [9.17, 15) is 4.79 Å². The molecule has 1 aliphatic heterocycles. The van der Waals surface area contributed by atoms with Gasteiger partial charge in [-0.1, -0.05) is 12.1 Å². The molecule has 1 amide bonds. The van der Waals surface area contributed by atoms with E-state index in [1.807, 2.05) is 31.2 Å². The SMILES string of the molecule is C[C@H](N)c1ccc(C(=O)NC2CCNCC2)cc1. The summed E-state index contributed by atoms with van der Waals surface area (Å²) in [5.41, 5.74) is 7.54. The van der Waals surface area contributed by atoms with E-state index in [4.69, 9.17) is 5.73 Å². The Bertz CT molecular complexity index is 394. The Balaban J connectivity index is 1.95. The van der Waals surface area contributed by atoms with Gasteiger partial charge in [0.25, 0.3) is 5.91 Å². The van der Waals surface area contributed by atoms with Crippen LogP contribution in [0, 0.1) is 0 Å². The highest BCUT2D eigenvalue weighted by atomic mass is 16.1. The molecule has 1 heterocycles. The lowest BCUT2D eigenvalue weighted by Crippen LogP contribution is -2.42. The Morgan fingerprint density at radius 2 is 1.94 bits per heavy atom. The van der Waals surface area contributed by atoms with Crippen LogP contribution in [0.15, 0.2) is 24.3 Å². The minimum absolute atomic E-state index is 0.00605. The molecule has 1 aromatic rings. The zero-order valence-corrected chi connectivity index (χ0v) is 10.8. The number of benzene rings is 1. The highest BCUT2D eigenvalue weighted by Gasteiger charge is 2.16. The van der Waals surface area contributed by atoms with Crippen LogP contribution in [0.2, 0.25) is 0 Å². The van der Waals surface area contributed by atoms with E-state index >= 15 is 0 Å². The van der Waals surface area contributed by atoms with Gasteiger partial charge in [0.1, 0.15) is 0 Å². The van der Waals surface area contributed by atoms with Gasteiger partial charge in [-0.25, -0.2) is 0 Å². The van der Waals surface area contributed by atoms with Crippen molar-refractivity contribution >= 4 is 5.91 Å². The summed E-state index contributed by atoms with van der Waals surface area (Å²) in [6.07, 6.45) is 2.01. The molecule has 1 atom stereocenters. The molecule has 0 bridgehead atoms. The molecule has 18 heavy (non-hydrogen) atoms. The van der Waals surface area contributed by atoms with Crippen LogP contribution in [0.4, 0.5) is 0 Å². The largest absolute Gasteiger partial charge is 0.349 e. The van der Waals surface area contributed by atoms with Gasteiger partial charge in [-0.2, -0.15) is 0 Å². The standard InChI is InChI=1S/C14H21N3O/c1-10(15)11-2-4-12(5-3-11)14(18)17-13-6-8-16-9-7-13/h2-5,10,13,16H,6-9,15H2,1H3,(H,17,18)/t10-/m0/s1. The van der Waals surface area contributed by atoms with Gasteiger partial charge in [0.2, 0.25) is 0 Å². The molecule has 0 aromatic heterocycles. The zero-order chi connectivity index (χ0) is 13.0. The van der Waals surface area contributed by atoms with Crippen LogP contribution in [-0.2, 0) is 0 Å². The lowest BCUT2D eigenvalue weighted by molar-refractivity contribution is 0.0929. The summed E-state index contributed by atoms with van der Waals surface area (Å²) in [6, 6.07) is 7.83. The monoisotopic (exact) mass is 247 g/mol. The number of carbonyl (C=O) groups is 1. The van der Waals surface area contributed by atoms with Gasteiger partial charge in [0.15, 0.2) is 0 Å². The predicted octanol–water partition coefficient (Wildman–Crippen LogP) is 1.19. The second kappa shape index (κ2) is 5.98. The van der Waals surface area contributed by atoms with E-state index in [-0.39, 0.29) is 11.9 Å². The van der Waals surface area contributed by atoms with Crippen LogP contribution in [0.5, 0.6) is 0 Å². The number of piperidine rings is 1. The highest BCUT2D eigenvalue weighted by Crippen LogP contribution is 2.11. The topological polar surface area (TPSA) is 67.2 Å². The maximum Gasteiger partial charge on any atom is 0.251 e. The second-order valence-electron chi connectivity index (χ2n) is 4.91. The Kier molecular flexibility index (Phi) is 4.33. The first-order chi connectivity index (χ1) is 8.66. The molecular formula is C14H21N3O. The highest BCUT2D eigenvalue weighted by molar-refractivity contribution is 5.94. The average Bonchev–Trinajstić information content (AvgIpc) is 2.40. The first-order valence-electron chi connectivity index (χ1n) is 6.54. The summed E-state index contributed by atoms with van der Waals surface area (Å²) in [5, 5.41) is 6.36. The van der Waals surface area contributed by atoms with Crippen molar-refractivity contribution in [2.24, 2.45) is 5.73 Å². The van der Waals surface area contributed by atoms with Gasteiger partial charge in [-0.3, -0.25) is 4.79 Å². The second-order valence-corrected chi connectivity index (χ2v) is 4.91. The van der Waals surface area contributed by atoms with Crippen LogP contribution in [0.1, 0.15) is 41.7 Å². The first kappa shape index (κ1) is 13.1. The Morgan fingerprint density at radius 3 is 2.50 bits per heavy atom. The minimum Gasteiger partial charge on any atom is -0.349 e. The molecular weight excluding hydrogens is 226 g/mol. The van der Waals surface area contributed by atoms with E-state index < -0.39 is 0 Å². The van der Waals surface area contributed by atoms with Crippen molar-refractivity contribution < 1.29 is 4.79 Å². The molecule has 2 rings (SSSR count). The van der Waals surface area contributed by atoms with Gasteiger partial charge in [-0.15, -0.1) is 0 Å². The molecule has 4 heteroatoms. The molecule has 0 radical (unpaired) electrons. The number of carbonyl (C=O) groups excluding carboxylic acids is 1. The molecule has 98 valence electrons. The minimum atomic E-state index is 0.00605. The van der Waals surface area contributed by atoms with Crippen molar-refractivity contribution in [1.82, 2.24) is 10.6 Å². The molecule has 1 aliphatic rings. The molecule has 0 unspecified atom stereocenters. The summed E-state index contributed by atoms with van der Waals surface area (Å²) in [5.74, 6) is 0.0122. The smallest absolute Gasteiger partial charge is 0.251 e. The lowest BCUT2D eigenvalue weighted by atomic mass is 10.0. The van der Waals surface area contributed by atoms with E-state index in [1.54, 1.807) is 0 Å². The zero-order valence-electron chi connectivity index (χ0n) is 10.8. The third-order valence-electron chi connectivity index (χ3n) is 3.37. The van der Waals surface area contributed by atoms with Crippen molar-refractivity contribution in [2.45, 2.75) is 31.8 Å². The molecule has 1 saturated heterocycles. The third kappa shape index (κ3) is 3.31. The third-order valence-corrected chi connectivity index (χ3v) is 3.37. The fourth-order valence-electron chi connectivity index (χ4n) is 2.17. The molecule has 0 spiro atoms. The maximum absolute atomic E-state index is 12.0. The molecule has 4 N–H and O–H groups in total. The summed E-state index contributed by atoms with van der Waals surface area (Å²) in [4.78, 5) is 12.0. The first-order valence-corrected chi connectivity index (χ1v) is 6.54. The summed E-state index contributed by atoms with van der Waals surface area (Å²) in [6.45, 7) is 3.90. The van der Waals surface area contributed by atoms with E-state index in [0.717, 1.165) is 31.5 Å². The number of amides is 1. The molecule has 4 nitrogen and oxygen atoms in total. The average molecular weight is 247 g/mol. The Morgan fingerprint density at radius 1 is 1.33 bits per heavy atom. The number of hydrogen-bond donors (Lipinski definition) is 3. The van der Waals surface area contributed by atoms with Crippen LogP contribution in [-0.4, -0.2) is 25.0 Å². The van der Waals surface area contributed by atoms with Crippen LogP contribution >= 0.6 is 0 Å². The Hall–Kier alpha value is -1.39. The van der Waals surface area contributed by atoms with Crippen molar-refractivity contribution in [1.29, 1.82) is 0 Å². The van der Waals surface area contributed by atoms with Gasteiger partial charge >= 0.3 is 0 Å². The molecule has 0 aliphatic carbocycles. The van der Waals surface area contributed by atoms with Gasteiger partial charge in [0, 0.05) is 17.6 Å². The van der Waals surface area contributed by atoms with Crippen molar-refractivity contribution in [2.75, 3.05) is 13.1 Å². The number of nitrogens with one attached hydrogen (secondary N) is 2. The number of hydrogen-bond acceptors (Lipinski definition) is 3. The summed E-state index contributed by atoms with van der Waals surface area (Å²) < 4.78 is 0. The van der Waals surface area contributed by atoms with E-state index in [2.05, 4.69) is 10.6 Å². The number of rotatable bonds is 3. The summed E-state index contributed by atoms with van der Waals surface area (Å²) in [7, 11) is 0. The molecule has 1 fully saturated rings. The lowest BCUT2D eigenvalue weighted by Gasteiger charge is -2.23. The van der Waals surface area contributed by atoms with Crippen LogP contribution in [0.25, 0.3) is 0 Å². The molecule has 0 saturated carbocycles. The number of nitrogens with two attached hydrogens (primary N) is 1. The fraction of sp³-hybridized carbons (Fsp3) is 0.500. The van der Waals surface area contributed by atoms with Gasteiger partial charge in [0.05, 0.1) is 0 Å². The predicted molar refractivity (Wildman–Crippen MR) is 72.4 cm³/mol. The van der Waals surface area contributed by atoms with Crippen LogP contribution < -0.4 is 16.4 Å². The normalized spacial score (nSPS) is 18.3. The summed E-state index contributed by atoms with van der Waals surface area (Å²) >= 11 is 0.